The van der Waals surface area contributed by atoms with Crippen LogP contribution in [0, 0.1) is 11.8 Å². The minimum atomic E-state index is -1.02. The highest BCUT2D eigenvalue weighted by Crippen LogP contribution is 2.27. The first-order valence-corrected chi connectivity index (χ1v) is 9.43. The van der Waals surface area contributed by atoms with E-state index < -0.39 is 5.97 Å². The largest absolute Gasteiger partial charge is 0.480 e. The van der Waals surface area contributed by atoms with Crippen LogP contribution in [0.15, 0.2) is 0 Å². The summed E-state index contributed by atoms with van der Waals surface area (Å²) in [6.45, 7) is 2.41. The summed E-state index contributed by atoms with van der Waals surface area (Å²) in [5.41, 5.74) is 0. The monoisotopic (exact) mass is 357 g/mol. The van der Waals surface area contributed by atoms with Gasteiger partial charge in [0.15, 0.2) is 0 Å². The topological polar surface area (TPSA) is 87.1 Å². The average molecular weight is 357 g/mol. The molecule has 0 spiro atoms. The molecule has 0 aliphatic carbocycles. The van der Waals surface area contributed by atoms with Crippen molar-refractivity contribution in [3.05, 3.63) is 0 Å². The Labute approximate surface area is 147 Å². The Bertz CT molecular complexity index is 460. The van der Waals surface area contributed by atoms with E-state index in [0.29, 0.717) is 25.1 Å². The summed E-state index contributed by atoms with van der Waals surface area (Å²) in [5, 5.41) is 18.4. The molecule has 0 aromatic heterocycles. The summed E-state index contributed by atoms with van der Waals surface area (Å²) < 4.78 is 4.84. The molecule has 0 saturated carbocycles. The first kappa shape index (κ1) is 20.8. The molecule has 2 N–H and O–H groups in total. The zero-order valence-electron chi connectivity index (χ0n) is 14.2. The lowest BCUT2D eigenvalue weighted by Gasteiger charge is -2.23. The molecule has 0 aromatic rings. The number of hydrogen-bond acceptors (Lipinski definition) is 5. The highest BCUT2D eigenvalue weighted by molar-refractivity contribution is 8.01. The van der Waals surface area contributed by atoms with Gasteiger partial charge in [0.2, 0.25) is 5.91 Å². The fourth-order valence-electron chi connectivity index (χ4n) is 2.40. The van der Waals surface area contributed by atoms with Crippen molar-refractivity contribution in [3.63, 3.8) is 0 Å². The predicted octanol–water partition coefficient (Wildman–Crippen LogP) is 1.71. The van der Waals surface area contributed by atoms with Crippen LogP contribution < -0.4 is 0 Å². The molecule has 2 atom stereocenters. The van der Waals surface area contributed by atoms with Crippen LogP contribution in [0.1, 0.15) is 45.4 Å². The first-order chi connectivity index (χ1) is 11.5. The van der Waals surface area contributed by atoms with Gasteiger partial charge in [0, 0.05) is 13.0 Å². The lowest BCUT2D eigenvalue weighted by molar-refractivity contribution is -0.141. The van der Waals surface area contributed by atoms with Gasteiger partial charge in [-0.3, -0.25) is 4.79 Å². The molecule has 1 aliphatic rings. The van der Waals surface area contributed by atoms with Gasteiger partial charge in [0.05, 0.1) is 17.2 Å². The third kappa shape index (κ3) is 8.57. The van der Waals surface area contributed by atoms with E-state index >= 15 is 0 Å². The highest BCUT2D eigenvalue weighted by atomic mass is 32.2. The number of aliphatic hydroxyl groups is 1. The number of carboxylic acids is 1. The molecule has 7 heteroatoms. The molecule has 24 heavy (non-hydrogen) atoms. The second-order valence-electron chi connectivity index (χ2n) is 5.74. The highest BCUT2D eigenvalue weighted by Gasteiger charge is 2.30. The van der Waals surface area contributed by atoms with E-state index in [4.69, 9.17) is 9.84 Å². The number of aliphatic carboxylic acids is 1. The van der Waals surface area contributed by atoms with Crippen molar-refractivity contribution in [2.75, 3.05) is 25.5 Å². The van der Waals surface area contributed by atoms with E-state index in [0.717, 1.165) is 25.7 Å². The number of thioether (sulfide) groups is 1. The summed E-state index contributed by atoms with van der Waals surface area (Å²) in [5.74, 6) is 5.23. The average Bonchev–Trinajstić information content (AvgIpc) is 2.89. The number of rotatable bonds is 11. The standard InChI is InChI=1S/C17H27NO5S/c1-2-3-4-7-14(19)9-10-18-15(20)13-24-16(18)8-5-6-11-23-12-17(21)22/h14,16,19H,2-4,7-13H2,1H3,(H,21,22). The van der Waals surface area contributed by atoms with Crippen molar-refractivity contribution in [1.82, 2.24) is 4.90 Å². The third-order valence-corrected chi connectivity index (χ3v) is 4.93. The minimum Gasteiger partial charge on any atom is -0.480 e. The quantitative estimate of drug-likeness (QED) is 0.432. The summed E-state index contributed by atoms with van der Waals surface area (Å²) in [6, 6.07) is 0. The number of aliphatic hydroxyl groups excluding tert-OH is 1. The number of ether oxygens (including phenoxy) is 1. The van der Waals surface area contributed by atoms with Crippen molar-refractivity contribution in [2.24, 2.45) is 0 Å². The van der Waals surface area contributed by atoms with Gasteiger partial charge in [-0.05, 0) is 12.8 Å². The van der Waals surface area contributed by atoms with Crippen LogP contribution in [-0.2, 0) is 14.3 Å². The molecule has 2 unspecified atom stereocenters. The number of carboxylic acid groups (broad SMARTS) is 1. The summed E-state index contributed by atoms with van der Waals surface area (Å²) in [7, 11) is 0. The summed E-state index contributed by atoms with van der Waals surface area (Å²) in [4.78, 5) is 24.0. The number of carbonyl (C=O) groups excluding carboxylic acids is 1. The lowest BCUT2D eigenvalue weighted by Crippen LogP contribution is -2.35. The maximum Gasteiger partial charge on any atom is 0.329 e. The molecule has 1 saturated heterocycles. The van der Waals surface area contributed by atoms with Gasteiger partial charge in [0.1, 0.15) is 13.2 Å². The van der Waals surface area contributed by atoms with Crippen LogP contribution in [0.5, 0.6) is 0 Å². The molecule has 0 radical (unpaired) electrons. The fraction of sp³-hybridized carbons (Fsp3) is 0.765. The smallest absolute Gasteiger partial charge is 0.329 e. The van der Waals surface area contributed by atoms with Crippen LogP contribution in [-0.4, -0.2) is 64.0 Å². The minimum absolute atomic E-state index is 0.00677. The molecule has 0 bridgehead atoms. The van der Waals surface area contributed by atoms with E-state index in [9.17, 15) is 14.7 Å². The maximum atomic E-state index is 12.0. The summed E-state index contributed by atoms with van der Waals surface area (Å²) in [6.07, 6.45) is 4.83. The molecule has 1 rings (SSSR count). The number of amides is 1. The van der Waals surface area contributed by atoms with Crippen molar-refractivity contribution in [2.45, 2.75) is 56.9 Å². The first-order valence-electron chi connectivity index (χ1n) is 8.39. The van der Waals surface area contributed by atoms with Crippen LogP contribution in [0.25, 0.3) is 0 Å². The zero-order valence-corrected chi connectivity index (χ0v) is 15.0. The molecule has 1 fully saturated rings. The number of carbonyl (C=O) groups is 2. The van der Waals surface area contributed by atoms with Crippen LogP contribution >= 0.6 is 11.8 Å². The predicted molar refractivity (Wildman–Crippen MR) is 93.6 cm³/mol. The Morgan fingerprint density at radius 1 is 1.42 bits per heavy atom. The van der Waals surface area contributed by atoms with Crippen LogP contribution in [0.3, 0.4) is 0 Å². The van der Waals surface area contributed by atoms with Gasteiger partial charge >= 0.3 is 5.97 Å². The van der Waals surface area contributed by atoms with Gasteiger partial charge in [-0.1, -0.05) is 38.0 Å². The van der Waals surface area contributed by atoms with Crippen molar-refractivity contribution in [3.8, 4) is 11.8 Å². The second kappa shape index (κ2) is 12.2. The van der Waals surface area contributed by atoms with Gasteiger partial charge in [-0.25, -0.2) is 4.79 Å². The number of hydrogen-bond donors (Lipinski definition) is 2. The van der Waals surface area contributed by atoms with Crippen molar-refractivity contribution in [1.29, 1.82) is 0 Å². The Hall–Kier alpha value is -1.23. The SMILES string of the molecule is CCCCCC(O)CCN1C(=O)CSC1CC#CCOCC(=O)O. The Morgan fingerprint density at radius 3 is 2.92 bits per heavy atom. The van der Waals surface area contributed by atoms with Crippen molar-refractivity contribution >= 4 is 23.6 Å². The molecular weight excluding hydrogens is 330 g/mol. The Balaban J connectivity index is 2.30. The molecule has 1 amide bonds. The molecule has 1 aliphatic heterocycles. The van der Waals surface area contributed by atoms with Crippen LogP contribution in [0.2, 0.25) is 0 Å². The number of unbranched alkanes of at least 4 members (excludes halogenated alkanes) is 2. The normalized spacial score (nSPS) is 18.3. The molecule has 0 aromatic carbocycles. The zero-order chi connectivity index (χ0) is 17.8. The van der Waals surface area contributed by atoms with Gasteiger partial charge < -0.3 is 19.8 Å². The van der Waals surface area contributed by atoms with E-state index in [1.54, 1.807) is 16.7 Å². The van der Waals surface area contributed by atoms with E-state index in [-0.39, 0.29) is 30.6 Å². The molecular formula is C17H27NO5S. The molecule has 6 nitrogen and oxygen atoms in total. The Morgan fingerprint density at radius 2 is 2.21 bits per heavy atom. The van der Waals surface area contributed by atoms with Gasteiger partial charge in [0.25, 0.3) is 0 Å². The van der Waals surface area contributed by atoms with E-state index in [1.165, 1.54) is 0 Å². The fourth-order valence-corrected chi connectivity index (χ4v) is 3.51. The summed E-state index contributed by atoms with van der Waals surface area (Å²) >= 11 is 1.56. The molecule has 1 heterocycles. The third-order valence-electron chi connectivity index (χ3n) is 3.71. The van der Waals surface area contributed by atoms with Gasteiger partial charge in [-0.2, -0.15) is 0 Å². The lowest BCUT2D eigenvalue weighted by atomic mass is 10.1. The van der Waals surface area contributed by atoms with Crippen molar-refractivity contribution < 1.29 is 24.5 Å². The van der Waals surface area contributed by atoms with Crippen LogP contribution in [0.4, 0.5) is 0 Å². The molecule has 136 valence electrons. The van der Waals surface area contributed by atoms with Gasteiger partial charge in [-0.15, -0.1) is 11.8 Å². The maximum absolute atomic E-state index is 12.0. The van der Waals surface area contributed by atoms with E-state index in [1.807, 2.05) is 0 Å². The van der Waals surface area contributed by atoms with E-state index in [2.05, 4.69) is 18.8 Å². The Kier molecular flexibility index (Phi) is 10.6. The number of nitrogens with zero attached hydrogens (tertiary/aromatic N) is 1. The second-order valence-corrected chi connectivity index (χ2v) is 6.90.